The van der Waals surface area contributed by atoms with Crippen molar-refractivity contribution < 1.29 is 9.90 Å². The predicted octanol–water partition coefficient (Wildman–Crippen LogP) is 2.76. The van der Waals surface area contributed by atoms with Gasteiger partial charge in [-0.3, -0.25) is 9.78 Å². The summed E-state index contributed by atoms with van der Waals surface area (Å²) in [6.45, 7) is 3.98. The summed E-state index contributed by atoms with van der Waals surface area (Å²) >= 11 is 0. The topological polar surface area (TPSA) is 62.2 Å². The van der Waals surface area contributed by atoms with E-state index in [-0.39, 0.29) is 18.6 Å². The third-order valence-corrected chi connectivity index (χ3v) is 3.40. The maximum atomic E-state index is 12.3. The number of aliphatic hydroxyl groups excluding tert-OH is 1. The second-order valence-corrected chi connectivity index (χ2v) is 5.05. The summed E-state index contributed by atoms with van der Waals surface area (Å²) in [6, 6.07) is 10.8. The molecule has 0 bridgehead atoms. The molecule has 0 fully saturated rings. The van der Waals surface area contributed by atoms with Gasteiger partial charge in [0, 0.05) is 11.8 Å². The first-order valence-electron chi connectivity index (χ1n) is 7.07. The van der Waals surface area contributed by atoms with Crippen LogP contribution in [0, 0.1) is 6.92 Å². The Hall–Kier alpha value is -2.20. The van der Waals surface area contributed by atoms with Crippen LogP contribution in [0.5, 0.6) is 0 Å². The van der Waals surface area contributed by atoms with Gasteiger partial charge in [0.15, 0.2) is 0 Å². The van der Waals surface area contributed by atoms with Crippen LogP contribution < -0.4 is 5.32 Å². The van der Waals surface area contributed by atoms with Gasteiger partial charge in [-0.25, -0.2) is 0 Å². The zero-order valence-corrected chi connectivity index (χ0v) is 12.3. The van der Waals surface area contributed by atoms with E-state index in [1.54, 1.807) is 30.5 Å². The van der Waals surface area contributed by atoms with Gasteiger partial charge >= 0.3 is 0 Å². The third-order valence-electron chi connectivity index (χ3n) is 3.40. The van der Waals surface area contributed by atoms with Crippen molar-refractivity contribution in [3.05, 3.63) is 65.0 Å². The molecular weight excluding hydrogens is 264 g/mol. The standard InChI is InChI=1S/C17H20N2O2/c1-3-15(16-9-4-12(2)10-18-16)19-17(21)14-7-5-13(11-20)6-8-14/h4-10,15,20H,3,11H2,1-2H3,(H,19,21)/t15-/m1/s1. The van der Waals surface area contributed by atoms with Crippen molar-refractivity contribution in [2.45, 2.75) is 32.9 Å². The zero-order valence-electron chi connectivity index (χ0n) is 12.3. The number of benzene rings is 1. The summed E-state index contributed by atoms with van der Waals surface area (Å²) in [7, 11) is 0. The first-order valence-corrected chi connectivity index (χ1v) is 7.07. The highest BCUT2D eigenvalue weighted by Crippen LogP contribution is 2.15. The van der Waals surface area contributed by atoms with Crippen LogP contribution in [0.4, 0.5) is 0 Å². The number of nitrogens with zero attached hydrogens (tertiary/aromatic N) is 1. The number of aromatic nitrogens is 1. The molecule has 4 nitrogen and oxygen atoms in total. The molecule has 0 aliphatic rings. The third kappa shape index (κ3) is 3.89. The molecule has 2 aromatic rings. The largest absolute Gasteiger partial charge is 0.392 e. The SMILES string of the molecule is CC[C@@H](NC(=O)c1ccc(CO)cc1)c1ccc(C)cn1. The average Bonchev–Trinajstić information content (AvgIpc) is 2.53. The van der Waals surface area contributed by atoms with Gasteiger partial charge in [-0.2, -0.15) is 0 Å². The summed E-state index contributed by atoms with van der Waals surface area (Å²) in [6.07, 6.45) is 2.58. The number of aliphatic hydroxyl groups is 1. The Labute approximate surface area is 124 Å². The zero-order chi connectivity index (χ0) is 15.2. The Balaban J connectivity index is 2.10. The number of carbonyl (C=O) groups is 1. The van der Waals surface area contributed by atoms with Gasteiger partial charge in [-0.15, -0.1) is 0 Å². The maximum absolute atomic E-state index is 12.3. The molecule has 0 saturated heterocycles. The average molecular weight is 284 g/mol. The summed E-state index contributed by atoms with van der Waals surface area (Å²) in [5.74, 6) is -0.131. The van der Waals surface area contributed by atoms with Crippen LogP contribution in [0.3, 0.4) is 0 Å². The smallest absolute Gasteiger partial charge is 0.251 e. The van der Waals surface area contributed by atoms with Crippen molar-refractivity contribution in [2.75, 3.05) is 0 Å². The fourth-order valence-corrected chi connectivity index (χ4v) is 2.07. The lowest BCUT2D eigenvalue weighted by molar-refractivity contribution is 0.0934. The minimum atomic E-state index is -0.131. The molecule has 0 aliphatic carbocycles. The Bertz CT molecular complexity index is 591. The highest BCUT2D eigenvalue weighted by Gasteiger charge is 2.15. The molecule has 1 aromatic heterocycles. The molecule has 2 rings (SSSR count). The van der Waals surface area contributed by atoms with E-state index in [4.69, 9.17) is 5.11 Å². The quantitative estimate of drug-likeness (QED) is 0.887. The lowest BCUT2D eigenvalue weighted by Gasteiger charge is -2.16. The van der Waals surface area contributed by atoms with E-state index in [1.165, 1.54) is 0 Å². The fourth-order valence-electron chi connectivity index (χ4n) is 2.07. The van der Waals surface area contributed by atoms with E-state index in [1.807, 2.05) is 26.0 Å². The molecule has 21 heavy (non-hydrogen) atoms. The monoisotopic (exact) mass is 284 g/mol. The van der Waals surface area contributed by atoms with Crippen molar-refractivity contribution in [1.82, 2.24) is 10.3 Å². The number of aryl methyl sites for hydroxylation is 1. The number of pyridine rings is 1. The highest BCUT2D eigenvalue weighted by molar-refractivity contribution is 5.94. The van der Waals surface area contributed by atoms with Crippen molar-refractivity contribution in [1.29, 1.82) is 0 Å². The Morgan fingerprint density at radius 3 is 2.48 bits per heavy atom. The first kappa shape index (κ1) is 15.2. The molecule has 0 saturated carbocycles. The van der Waals surface area contributed by atoms with Gasteiger partial charge in [0.25, 0.3) is 5.91 Å². The van der Waals surface area contributed by atoms with E-state index in [0.29, 0.717) is 5.56 Å². The maximum Gasteiger partial charge on any atom is 0.251 e. The second-order valence-electron chi connectivity index (χ2n) is 5.05. The summed E-state index contributed by atoms with van der Waals surface area (Å²) in [5.41, 5.74) is 3.33. The molecule has 0 radical (unpaired) electrons. The molecular formula is C17H20N2O2. The van der Waals surface area contributed by atoms with Gasteiger partial charge < -0.3 is 10.4 Å². The van der Waals surface area contributed by atoms with E-state index in [9.17, 15) is 4.79 Å². The van der Waals surface area contributed by atoms with Crippen molar-refractivity contribution in [3.8, 4) is 0 Å². The van der Waals surface area contributed by atoms with Gasteiger partial charge in [0.2, 0.25) is 0 Å². The van der Waals surface area contributed by atoms with Gasteiger partial charge in [-0.1, -0.05) is 25.1 Å². The lowest BCUT2D eigenvalue weighted by atomic mass is 10.1. The Morgan fingerprint density at radius 2 is 1.95 bits per heavy atom. The Kier molecular flexibility index (Phi) is 5.06. The normalized spacial score (nSPS) is 12.0. The van der Waals surface area contributed by atoms with Gasteiger partial charge in [-0.05, 0) is 42.7 Å². The number of nitrogens with one attached hydrogen (secondary N) is 1. The molecule has 1 atom stereocenters. The van der Waals surface area contributed by atoms with Crippen LogP contribution in [-0.2, 0) is 6.61 Å². The molecule has 1 heterocycles. The van der Waals surface area contributed by atoms with Crippen LogP contribution >= 0.6 is 0 Å². The minimum Gasteiger partial charge on any atom is -0.392 e. The number of carbonyl (C=O) groups excluding carboxylic acids is 1. The summed E-state index contributed by atoms with van der Waals surface area (Å²) < 4.78 is 0. The van der Waals surface area contributed by atoms with Gasteiger partial charge in [0.05, 0.1) is 18.3 Å². The molecule has 0 spiro atoms. The van der Waals surface area contributed by atoms with E-state index in [0.717, 1.165) is 23.2 Å². The van der Waals surface area contributed by atoms with E-state index in [2.05, 4.69) is 10.3 Å². The lowest BCUT2D eigenvalue weighted by Crippen LogP contribution is -2.28. The van der Waals surface area contributed by atoms with E-state index < -0.39 is 0 Å². The second kappa shape index (κ2) is 6.99. The molecule has 110 valence electrons. The predicted molar refractivity (Wildman–Crippen MR) is 81.8 cm³/mol. The molecule has 1 amide bonds. The van der Waals surface area contributed by atoms with Crippen molar-refractivity contribution in [3.63, 3.8) is 0 Å². The number of rotatable bonds is 5. The van der Waals surface area contributed by atoms with Crippen LogP contribution in [0.15, 0.2) is 42.6 Å². The van der Waals surface area contributed by atoms with E-state index >= 15 is 0 Å². The molecule has 4 heteroatoms. The van der Waals surface area contributed by atoms with Crippen LogP contribution in [-0.4, -0.2) is 16.0 Å². The summed E-state index contributed by atoms with van der Waals surface area (Å²) in [4.78, 5) is 16.6. The number of amides is 1. The first-order chi connectivity index (χ1) is 10.1. The molecule has 1 aromatic carbocycles. The molecule has 0 unspecified atom stereocenters. The highest BCUT2D eigenvalue weighted by atomic mass is 16.3. The molecule has 2 N–H and O–H groups in total. The molecule has 0 aliphatic heterocycles. The van der Waals surface area contributed by atoms with Crippen LogP contribution in [0.2, 0.25) is 0 Å². The number of hydrogen-bond donors (Lipinski definition) is 2. The van der Waals surface area contributed by atoms with Gasteiger partial charge in [0.1, 0.15) is 0 Å². The van der Waals surface area contributed by atoms with Crippen LogP contribution in [0.25, 0.3) is 0 Å². The number of hydrogen-bond acceptors (Lipinski definition) is 3. The summed E-state index contributed by atoms with van der Waals surface area (Å²) in [5, 5.41) is 12.0. The fraction of sp³-hybridized carbons (Fsp3) is 0.294. The minimum absolute atomic E-state index is 0.0211. The Morgan fingerprint density at radius 1 is 1.24 bits per heavy atom. The van der Waals surface area contributed by atoms with Crippen molar-refractivity contribution in [2.24, 2.45) is 0 Å². The van der Waals surface area contributed by atoms with Crippen LogP contribution in [0.1, 0.15) is 46.6 Å². The van der Waals surface area contributed by atoms with Crippen molar-refractivity contribution >= 4 is 5.91 Å².